The SMILES string of the molecule is CC(=O)CC1(C)OCC(CCl)O1. The first-order chi connectivity index (χ1) is 5.56. The highest BCUT2D eigenvalue weighted by Gasteiger charge is 2.37. The van der Waals surface area contributed by atoms with Gasteiger partial charge in [-0.1, -0.05) is 0 Å². The minimum Gasteiger partial charge on any atom is -0.347 e. The van der Waals surface area contributed by atoms with Gasteiger partial charge in [-0.05, 0) is 13.8 Å². The van der Waals surface area contributed by atoms with E-state index >= 15 is 0 Å². The number of hydrogen-bond donors (Lipinski definition) is 0. The minimum absolute atomic E-state index is 0.0627. The third kappa shape index (κ3) is 2.44. The second-order valence-electron chi connectivity index (χ2n) is 3.22. The van der Waals surface area contributed by atoms with Gasteiger partial charge >= 0.3 is 0 Å². The maximum atomic E-state index is 10.8. The normalized spacial score (nSPS) is 35.4. The van der Waals surface area contributed by atoms with Gasteiger partial charge in [0.05, 0.1) is 25.0 Å². The van der Waals surface area contributed by atoms with E-state index in [1.54, 1.807) is 6.92 Å². The number of halogens is 1. The standard InChI is InChI=1S/C8H13ClO3/c1-6(10)3-8(2)11-5-7(4-9)12-8/h7H,3-5H2,1-2H3. The van der Waals surface area contributed by atoms with Crippen molar-refractivity contribution in [1.82, 2.24) is 0 Å². The molecule has 1 fully saturated rings. The Morgan fingerprint density at radius 3 is 2.83 bits per heavy atom. The maximum Gasteiger partial charge on any atom is 0.173 e. The van der Waals surface area contributed by atoms with Gasteiger partial charge in [0, 0.05) is 0 Å². The van der Waals surface area contributed by atoms with Crippen LogP contribution in [0, 0.1) is 0 Å². The summed E-state index contributed by atoms with van der Waals surface area (Å²) < 4.78 is 10.8. The van der Waals surface area contributed by atoms with Gasteiger partial charge in [-0.25, -0.2) is 0 Å². The molecule has 0 aliphatic carbocycles. The van der Waals surface area contributed by atoms with E-state index in [9.17, 15) is 4.79 Å². The Morgan fingerprint density at radius 1 is 1.75 bits per heavy atom. The molecule has 3 nitrogen and oxygen atoms in total. The van der Waals surface area contributed by atoms with Gasteiger partial charge in [0.25, 0.3) is 0 Å². The monoisotopic (exact) mass is 192 g/mol. The van der Waals surface area contributed by atoms with Crippen molar-refractivity contribution < 1.29 is 14.3 Å². The van der Waals surface area contributed by atoms with Crippen LogP contribution in [0.15, 0.2) is 0 Å². The molecule has 0 amide bonds. The second-order valence-corrected chi connectivity index (χ2v) is 3.53. The maximum absolute atomic E-state index is 10.8. The van der Waals surface area contributed by atoms with Crippen molar-refractivity contribution in [2.24, 2.45) is 0 Å². The van der Waals surface area contributed by atoms with Crippen molar-refractivity contribution in [2.45, 2.75) is 32.2 Å². The largest absolute Gasteiger partial charge is 0.347 e. The molecule has 1 saturated heterocycles. The summed E-state index contributed by atoms with van der Waals surface area (Å²) in [5.74, 6) is -0.272. The molecule has 12 heavy (non-hydrogen) atoms. The lowest BCUT2D eigenvalue weighted by Crippen LogP contribution is -2.29. The van der Waals surface area contributed by atoms with Crippen LogP contribution in [0.1, 0.15) is 20.3 Å². The lowest BCUT2D eigenvalue weighted by Gasteiger charge is -2.21. The molecule has 1 aliphatic heterocycles. The molecular weight excluding hydrogens is 180 g/mol. The summed E-state index contributed by atoms with van der Waals surface area (Å²) in [5.41, 5.74) is 0. The van der Waals surface area contributed by atoms with Crippen LogP contribution >= 0.6 is 11.6 Å². The topological polar surface area (TPSA) is 35.5 Å². The highest BCUT2D eigenvalue weighted by atomic mass is 35.5. The molecule has 0 N–H and O–H groups in total. The fourth-order valence-corrected chi connectivity index (χ4v) is 1.46. The highest BCUT2D eigenvalue weighted by Crippen LogP contribution is 2.27. The van der Waals surface area contributed by atoms with Crippen molar-refractivity contribution in [3.05, 3.63) is 0 Å². The summed E-state index contributed by atoms with van der Waals surface area (Å²) in [4.78, 5) is 10.8. The van der Waals surface area contributed by atoms with Crippen molar-refractivity contribution in [3.63, 3.8) is 0 Å². The molecule has 1 rings (SSSR count). The van der Waals surface area contributed by atoms with Gasteiger partial charge in [-0.15, -0.1) is 11.6 Å². The van der Waals surface area contributed by atoms with Crippen LogP contribution in [0.25, 0.3) is 0 Å². The Balaban J connectivity index is 2.46. The molecule has 2 unspecified atom stereocenters. The molecule has 70 valence electrons. The summed E-state index contributed by atoms with van der Waals surface area (Å²) in [7, 11) is 0. The van der Waals surface area contributed by atoms with E-state index in [1.807, 2.05) is 0 Å². The van der Waals surface area contributed by atoms with Crippen LogP contribution in [0.2, 0.25) is 0 Å². The van der Waals surface area contributed by atoms with Crippen LogP contribution < -0.4 is 0 Å². The number of carbonyl (C=O) groups is 1. The smallest absolute Gasteiger partial charge is 0.173 e. The number of Topliss-reactive ketones (excluding diaryl/α,β-unsaturated/α-hetero) is 1. The van der Waals surface area contributed by atoms with Crippen molar-refractivity contribution in [3.8, 4) is 0 Å². The summed E-state index contributed by atoms with van der Waals surface area (Å²) in [6.07, 6.45) is 0.219. The third-order valence-corrected chi connectivity index (χ3v) is 2.08. The van der Waals surface area contributed by atoms with Crippen LogP contribution in [0.4, 0.5) is 0 Å². The van der Waals surface area contributed by atoms with Crippen molar-refractivity contribution >= 4 is 17.4 Å². The molecule has 0 spiro atoms. The van der Waals surface area contributed by atoms with Crippen LogP contribution in [-0.4, -0.2) is 30.2 Å². The number of carbonyl (C=O) groups excluding carboxylic acids is 1. The van der Waals surface area contributed by atoms with Gasteiger partial charge < -0.3 is 9.47 Å². The number of ether oxygens (including phenoxy) is 2. The molecule has 0 radical (unpaired) electrons. The fraction of sp³-hybridized carbons (Fsp3) is 0.875. The lowest BCUT2D eigenvalue weighted by atomic mass is 10.2. The Hall–Kier alpha value is -0.120. The van der Waals surface area contributed by atoms with E-state index in [4.69, 9.17) is 21.1 Å². The number of hydrogen-bond acceptors (Lipinski definition) is 3. The van der Waals surface area contributed by atoms with E-state index in [2.05, 4.69) is 0 Å². The summed E-state index contributed by atoms with van der Waals surface area (Å²) in [6, 6.07) is 0. The van der Waals surface area contributed by atoms with Crippen LogP contribution in [0.5, 0.6) is 0 Å². The Bertz CT molecular complexity index is 183. The Labute approximate surface area is 77.0 Å². The predicted molar refractivity (Wildman–Crippen MR) is 45.2 cm³/mol. The number of alkyl halides is 1. The molecule has 0 bridgehead atoms. The fourth-order valence-electron chi connectivity index (χ4n) is 1.31. The minimum atomic E-state index is -0.745. The van der Waals surface area contributed by atoms with Gasteiger partial charge in [-0.2, -0.15) is 0 Å². The Kier molecular flexibility index (Phi) is 3.09. The van der Waals surface area contributed by atoms with Crippen LogP contribution in [-0.2, 0) is 14.3 Å². The third-order valence-electron chi connectivity index (χ3n) is 1.73. The molecular formula is C8H13ClO3. The van der Waals surface area contributed by atoms with E-state index in [0.29, 0.717) is 18.9 Å². The molecule has 0 aromatic carbocycles. The quantitative estimate of drug-likeness (QED) is 0.633. The Morgan fingerprint density at radius 2 is 2.42 bits per heavy atom. The first-order valence-electron chi connectivity index (χ1n) is 3.93. The predicted octanol–water partition coefficient (Wildman–Crippen LogP) is 1.34. The molecule has 2 atom stereocenters. The molecule has 0 saturated carbocycles. The van der Waals surface area contributed by atoms with Gasteiger partial charge in [0.1, 0.15) is 5.78 Å². The second kappa shape index (κ2) is 3.73. The van der Waals surface area contributed by atoms with Gasteiger partial charge in [0.2, 0.25) is 0 Å². The number of rotatable bonds is 3. The van der Waals surface area contributed by atoms with E-state index < -0.39 is 5.79 Å². The van der Waals surface area contributed by atoms with Crippen molar-refractivity contribution in [1.29, 1.82) is 0 Å². The molecule has 0 aromatic rings. The first kappa shape index (κ1) is 9.96. The number of ketones is 1. The molecule has 4 heteroatoms. The van der Waals surface area contributed by atoms with E-state index in [-0.39, 0.29) is 11.9 Å². The summed E-state index contributed by atoms with van der Waals surface area (Å²) in [5, 5.41) is 0. The average Bonchev–Trinajstić information content (AvgIpc) is 2.30. The van der Waals surface area contributed by atoms with E-state index in [1.165, 1.54) is 6.92 Å². The molecule has 0 aromatic heterocycles. The summed E-state index contributed by atoms with van der Waals surface area (Å²) in [6.45, 7) is 3.76. The first-order valence-corrected chi connectivity index (χ1v) is 4.46. The summed E-state index contributed by atoms with van der Waals surface area (Å²) >= 11 is 5.58. The van der Waals surface area contributed by atoms with Crippen LogP contribution in [0.3, 0.4) is 0 Å². The zero-order chi connectivity index (χ0) is 9.19. The molecule has 1 aliphatic rings. The molecule has 1 heterocycles. The average molecular weight is 193 g/mol. The zero-order valence-electron chi connectivity index (χ0n) is 7.30. The van der Waals surface area contributed by atoms with Gasteiger partial charge in [0.15, 0.2) is 5.79 Å². The lowest BCUT2D eigenvalue weighted by molar-refractivity contribution is -0.163. The van der Waals surface area contributed by atoms with E-state index in [0.717, 1.165) is 0 Å². The van der Waals surface area contributed by atoms with Crippen molar-refractivity contribution in [2.75, 3.05) is 12.5 Å². The van der Waals surface area contributed by atoms with Gasteiger partial charge in [-0.3, -0.25) is 4.79 Å². The highest BCUT2D eigenvalue weighted by molar-refractivity contribution is 6.18. The zero-order valence-corrected chi connectivity index (χ0v) is 8.06.